The predicted octanol–water partition coefficient (Wildman–Crippen LogP) is 1.48. The lowest BCUT2D eigenvalue weighted by atomic mass is 10.2. The number of carbonyl (C=O) groups is 1. The molecule has 3 nitrogen and oxygen atoms in total. The van der Waals surface area contributed by atoms with E-state index in [2.05, 4.69) is 17.6 Å². The topological polar surface area (TPSA) is 41.1 Å². The lowest BCUT2D eigenvalue weighted by Crippen LogP contribution is -2.52. The molecule has 2 rings (SSSR count). The molecule has 2 N–H and O–H groups in total. The van der Waals surface area contributed by atoms with E-state index in [1.165, 1.54) is 12.8 Å². The highest BCUT2D eigenvalue weighted by molar-refractivity contribution is 8.00. The van der Waals surface area contributed by atoms with Crippen molar-refractivity contribution in [1.82, 2.24) is 10.6 Å². The van der Waals surface area contributed by atoms with Crippen molar-refractivity contribution < 1.29 is 4.79 Å². The highest BCUT2D eigenvalue weighted by atomic mass is 32.2. The molecule has 3 unspecified atom stereocenters. The van der Waals surface area contributed by atoms with Gasteiger partial charge < -0.3 is 10.6 Å². The van der Waals surface area contributed by atoms with Gasteiger partial charge in [0.2, 0.25) is 5.91 Å². The van der Waals surface area contributed by atoms with Crippen LogP contribution in [0.15, 0.2) is 0 Å². The predicted molar refractivity (Wildman–Crippen MR) is 76.8 cm³/mol. The molecule has 3 atom stereocenters. The Bertz CT molecular complexity index is 257. The summed E-state index contributed by atoms with van der Waals surface area (Å²) in [6.45, 7) is 3.15. The molecule has 0 aromatic carbocycles. The Kier molecular flexibility index (Phi) is 5.50. The van der Waals surface area contributed by atoms with Crippen molar-refractivity contribution >= 4 is 29.4 Å². The number of rotatable bonds is 4. The first-order valence-corrected chi connectivity index (χ1v) is 8.74. The van der Waals surface area contributed by atoms with E-state index in [4.69, 9.17) is 0 Å². The summed E-state index contributed by atoms with van der Waals surface area (Å²) in [6.07, 6.45) is 3.68. The van der Waals surface area contributed by atoms with Gasteiger partial charge in [0.15, 0.2) is 0 Å². The van der Waals surface area contributed by atoms with Crippen LogP contribution in [0.1, 0.15) is 26.2 Å². The highest BCUT2D eigenvalue weighted by Gasteiger charge is 2.30. The Morgan fingerprint density at radius 1 is 1.53 bits per heavy atom. The standard InChI is InChI=1S/C12H22N2OS2/c1-2-17-11-5-3-4-9(11)14-12(15)10-8-16-7-6-13-10/h9-11,13H,2-8H2,1H3,(H,14,15). The van der Waals surface area contributed by atoms with Crippen molar-refractivity contribution in [2.45, 2.75) is 43.5 Å². The molecule has 17 heavy (non-hydrogen) atoms. The van der Waals surface area contributed by atoms with E-state index in [9.17, 15) is 4.79 Å². The number of hydrogen-bond donors (Lipinski definition) is 2. The number of hydrogen-bond acceptors (Lipinski definition) is 4. The van der Waals surface area contributed by atoms with Crippen molar-refractivity contribution in [2.75, 3.05) is 23.8 Å². The molecule has 0 aromatic rings. The van der Waals surface area contributed by atoms with E-state index < -0.39 is 0 Å². The van der Waals surface area contributed by atoms with Gasteiger partial charge in [0, 0.05) is 29.3 Å². The van der Waals surface area contributed by atoms with Crippen molar-refractivity contribution in [3.8, 4) is 0 Å². The van der Waals surface area contributed by atoms with Gasteiger partial charge in [0.25, 0.3) is 0 Å². The molecular formula is C12H22N2OS2. The Hall–Kier alpha value is 0.130. The van der Waals surface area contributed by atoms with E-state index in [1.807, 2.05) is 23.5 Å². The first kappa shape index (κ1) is 13.6. The van der Waals surface area contributed by atoms with Gasteiger partial charge >= 0.3 is 0 Å². The average Bonchev–Trinajstić information content (AvgIpc) is 2.78. The second kappa shape index (κ2) is 6.90. The van der Waals surface area contributed by atoms with E-state index in [1.54, 1.807) is 0 Å². The summed E-state index contributed by atoms with van der Waals surface area (Å²) in [6, 6.07) is 0.433. The van der Waals surface area contributed by atoms with Gasteiger partial charge in [0.1, 0.15) is 0 Å². The van der Waals surface area contributed by atoms with Gasteiger partial charge in [-0.05, 0) is 18.6 Å². The number of carbonyl (C=O) groups excluding carboxylic acids is 1. The average molecular weight is 274 g/mol. The molecule has 1 saturated carbocycles. The van der Waals surface area contributed by atoms with E-state index in [-0.39, 0.29) is 11.9 Å². The van der Waals surface area contributed by atoms with Crippen LogP contribution in [0.3, 0.4) is 0 Å². The molecular weight excluding hydrogens is 252 g/mol. The maximum Gasteiger partial charge on any atom is 0.238 e. The summed E-state index contributed by atoms with van der Waals surface area (Å²) in [4.78, 5) is 12.1. The van der Waals surface area contributed by atoms with E-state index in [0.29, 0.717) is 11.3 Å². The maximum absolute atomic E-state index is 12.1. The Morgan fingerprint density at radius 3 is 3.12 bits per heavy atom. The lowest BCUT2D eigenvalue weighted by molar-refractivity contribution is -0.123. The smallest absolute Gasteiger partial charge is 0.238 e. The lowest BCUT2D eigenvalue weighted by Gasteiger charge is -2.26. The van der Waals surface area contributed by atoms with Crippen molar-refractivity contribution in [1.29, 1.82) is 0 Å². The largest absolute Gasteiger partial charge is 0.351 e. The molecule has 98 valence electrons. The Balaban J connectivity index is 1.80. The second-order valence-electron chi connectivity index (χ2n) is 4.62. The van der Waals surface area contributed by atoms with Gasteiger partial charge in [-0.1, -0.05) is 13.3 Å². The zero-order chi connectivity index (χ0) is 12.1. The van der Waals surface area contributed by atoms with E-state index >= 15 is 0 Å². The van der Waals surface area contributed by atoms with Crippen LogP contribution >= 0.6 is 23.5 Å². The molecule has 0 radical (unpaired) electrons. The third-order valence-electron chi connectivity index (χ3n) is 3.40. The number of amides is 1. The molecule has 2 aliphatic rings. The van der Waals surface area contributed by atoms with Crippen molar-refractivity contribution in [3.05, 3.63) is 0 Å². The molecule has 0 aromatic heterocycles. The van der Waals surface area contributed by atoms with Crippen LogP contribution < -0.4 is 10.6 Å². The third kappa shape index (κ3) is 3.80. The van der Waals surface area contributed by atoms with Crippen molar-refractivity contribution in [2.24, 2.45) is 0 Å². The summed E-state index contributed by atoms with van der Waals surface area (Å²) in [5, 5.41) is 7.19. The fraction of sp³-hybridized carbons (Fsp3) is 0.917. The Labute approximate surface area is 112 Å². The SMILES string of the molecule is CCSC1CCCC1NC(=O)C1CSCCN1. The van der Waals surface area contributed by atoms with Crippen LogP contribution in [-0.4, -0.2) is 47.0 Å². The summed E-state index contributed by atoms with van der Waals surface area (Å²) in [5.41, 5.74) is 0. The van der Waals surface area contributed by atoms with E-state index in [0.717, 1.165) is 30.2 Å². The fourth-order valence-corrected chi connectivity index (χ4v) is 4.65. The molecule has 1 heterocycles. The zero-order valence-electron chi connectivity index (χ0n) is 10.4. The fourth-order valence-electron chi connectivity index (χ4n) is 2.52. The number of nitrogens with one attached hydrogen (secondary N) is 2. The molecule has 1 aliphatic heterocycles. The minimum Gasteiger partial charge on any atom is -0.351 e. The summed E-state index contributed by atoms with van der Waals surface area (Å²) >= 11 is 3.87. The zero-order valence-corrected chi connectivity index (χ0v) is 12.0. The highest BCUT2D eigenvalue weighted by Crippen LogP contribution is 2.29. The Morgan fingerprint density at radius 2 is 2.41 bits per heavy atom. The molecule has 1 saturated heterocycles. The second-order valence-corrected chi connectivity index (χ2v) is 7.29. The molecule has 5 heteroatoms. The first-order chi connectivity index (χ1) is 8.31. The van der Waals surface area contributed by atoms with Gasteiger partial charge in [-0.15, -0.1) is 0 Å². The van der Waals surface area contributed by atoms with Gasteiger partial charge in [-0.25, -0.2) is 0 Å². The molecule has 2 fully saturated rings. The van der Waals surface area contributed by atoms with Crippen LogP contribution in [-0.2, 0) is 4.79 Å². The van der Waals surface area contributed by atoms with Crippen LogP contribution in [0.4, 0.5) is 0 Å². The van der Waals surface area contributed by atoms with Gasteiger partial charge in [-0.3, -0.25) is 4.79 Å². The quantitative estimate of drug-likeness (QED) is 0.815. The molecule has 1 amide bonds. The van der Waals surface area contributed by atoms with Crippen LogP contribution in [0, 0.1) is 0 Å². The monoisotopic (exact) mass is 274 g/mol. The van der Waals surface area contributed by atoms with Gasteiger partial charge in [0.05, 0.1) is 6.04 Å². The molecule has 0 bridgehead atoms. The summed E-state index contributed by atoms with van der Waals surface area (Å²) in [7, 11) is 0. The minimum atomic E-state index is 0.0293. The third-order valence-corrected chi connectivity index (χ3v) is 5.79. The minimum absolute atomic E-state index is 0.0293. The first-order valence-electron chi connectivity index (χ1n) is 6.54. The van der Waals surface area contributed by atoms with Gasteiger partial charge in [-0.2, -0.15) is 23.5 Å². The number of thioether (sulfide) groups is 2. The van der Waals surface area contributed by atoms with Crippen molar-refractivity contribution in [3.63, 3.8) is 0 Å². The molecule has 0 spiro atoms. The summed E-state index contributed by atoms with van der Waals surface area (Å²) < 4.78 is 0. The maximum atomic E-state index is 12.1. The van der Waals surface area contributed by atoms with Crippen LogP contribution in [0.2, 0.25) is 0 Å². The normalized spacial score (nSPS) is 33.6. The van der Waals surface area contributed by atoms with Crippen LogP contribution in [0.25, 0.3) is 0 Å². The summed E-state index contributed by atoms with van der Waals surface area (Å²) in [5.74, 6) is 3.41. The molecule has 1 aliphatic carbocycles. The van der Waals surface area contributed by atoms with Crippen LogP contribution in [0.5, 0.6) is 0 Å².